The lowest BCUT2D eigenvalue weighted by atomic mass is 10.0. The Bertz CT molecular complexity index is 677. The molecule has 24 heavy (non-hydrogen) atoms. The zero-order valence-electron chi connectivity index (χ0n) is 13.6. The number of hydrogen-bond donors (Lipinski definition) is 3. The van der Waals surface area contributed by atoms with Gasteiger partial charge in [0.2, 0.25) is 10.0 Å². The van der Waals surface area contributed by atoms with Gasteiger partial charge in [-0.1, -0.05) is 12.8 Å². The average molecular weight is 377 g/mol. The molecule has 0 aromatic carbocycles. The van der Waals surface area contributed by atoms with Crippen LogP contribution in [0.25, 0.3) is 0 Å². The van der Waals surface area contributed by atoms with Crippen LogP contribution in [0.1, 0.15) is 49.0 Å². The molecule has 0 atom stereocenters. The van der Waals surface area contributed by atoms with Crippen LogP contribution in [-0.4, -0.2) is 49.4 Å². The molecule has 1 aliphatic heterocycles. The molecule has 2 aliphatic rings. The number of nitrogens with one attached hydrogen (secondary N) is 2. The average Bonchev–Trinajstić information content (AvgIpc) is 3.27. The molecule has 0 bridgehead atoms. The van der Waals surface area contributed by atoms with Gasteiger partial charge in [-0.05, 0) is 31.7 Å². The van der Waals surface area contributed by atoms with Gasteiger partial charge in [0, 0.05) is 31.4 Å². The fourth-order valence-corrected chi connectivity index (χ4v) is 4.95. The summed E-state index contributed by atoms with van der Waals surface area (Å²) in [4.78, 5) is 17.0. The van der Waals surface area contributed by atoms with Crippen molar-refractivity contribution in [3.05, 3.63) is 18.0 Å². The minimum atomic E-state index is -3.68. The Morgan fingerprint density at radius 2 is 1.88 bits per heavy atom. The summed E-state index contributed by atoms with van der Waals surface area (Å²) >= 11 is 0. The van der Waals surface area contributed by atoms with Crippen LogP contribution in [0.3, 0.4) is 0 Å². The van der Waals surface area contributed by atoms with Crippen LogP contribution in [0.4, 0.5) is 0 Å². The van der Waals surface area contributed by atoms with E-state index in [0.717, 1.165) is 51.6 Å². The number of amides is 1. The lowest BCUT2D eigenvalue weighted by Gasteiger charge is -2.27. The Labute approximate surface area is 148 Å². The van der Waals surface area contributed by atoms with Gasteiger partial charge in [0.25, 0.3) is 5.91 Å². The molecule has 1 amide bonds. The number of nitrogens with two attached hydrogens (primary N) is 1. The number of carbonyl (C=O) groups excluding carboxylic acids is 1. The molecule has 0 radical (unpaired) electrons. The third kappa shape index (κ3) is 3.77. The van der Waals surface area contributed by atoms with Crippen LogP contribution < -0.4 is 10.5 Å². The summed E-state index contributed by atoms with van der Waals surface area (Å²) in [6.07, 6.45) is 6.84. The van der Waals surface area contributed by atoms with E-state index in [0.29, 0.717) is 5.69 Å². The van der Waals surface area contributed by atoms with Crippen molar-refractivity contribution in [3.63, 3.8) is 0 Å². The molecule has 7 nitrogen and oxygen atoms in total. The van der Waals surface area contributed by atoms with E-state index in [1.807, 2.05) is 0 Å². The first-order valence-corrected chi connectivity index (χ1v) is 9.66. The van der Waals surface area contributed by atoms with E-state index in [1.54, 1.807) is 4.90 Å². The second-order valence-electron chi connectivity index (χ2n) is 6.55. The van der Waals surface area contributed by atoms with Crippen molar-refractivity contribution in [2.75, 3.05) is 19.6 Å². The number of H-pyrrole nitrogens is 1. The standard InChI is InChI=1S/C15H24N4O3S.ClH/c16-11-15(5-1-2-6-15)18-23(21,22)12-9-13(17-10-12)14(20)19-7-3-4-8-19;/h9-10,17-18H,1-8,11,16H2;1H. The molecule has 1 saturated heterocycles. The molecule has 3 rings (SSSR count). The number of halogens is 1. The minimum absolute atomic E-state index is 0. The van der Waals surface area contributed by atoms with Gasteiger partial charge in [0.15, 0.2) is 0 Å². The highest BCUT2D eigenvalue weighted by atomic mass is 35.5. The van der Waals surface area contributed by atoms with Crippen molar-refractivity contribution in [3.8, 4) is 0 Å². The quantitative estimate of drug-likeness (QED) is 0.717. The van der Waals surface area contributed by atoms with E-state index in [2.05, 4.69) is 9.71 Å². The Kier molecular flexibility index (Phi) is 5.95. The second-order valence-corrected chi connectivity index (χ2v) is 8.23. The monoisotopic (exact) mass is 376 g/mol. The van der Waals surface area contributed by atoms with E-state index >= 15 is 0 Å². The second kappa shape index (κ2) is 7.43. The Morgan fingerprint density at radius 1 is 1.25 bits per heavy atom. The van der Waals surface area contributed by atoms with Crippen LogP contribution >= 0.6 is 12.4 Å². The normalized spacial score (nSPS) is 20.1. The number of likely N-dealkylation sites (tertiary alicyclic amines) is 1. The smallest absolute Gasteiger partial charge is 0.270 e. The maximum absolute atomic E-state index is 12.6. The first kappa shape index (κ1) is 19.2. The number of carbonyl (C=O) groups is 1. The summed E-state index contributed by atoms with van der Waals surface area (Å²) in [6.45, 7) is 1.75. The van der Waals surface area contributed by atoms with E-state index in [-0.39, 0.29) is 29.8 Å². The largest absolute Gasteiger partial charge is 0.356 e. The topological polar surface area (TPSA) is 108 Å². The van der Waals surface area contributed by atoms with E-state index in [1.165, 1.54) is 12.3 Å². The summed E-state index contributed by atoms with van der Waals surface area (Å²) in [5.41, 5.74) is 5.57. The molecule has 136 valence electrons. The number of hydrogen-bond acceptors (Lipinski definition) is 4. The fraction of sp³-hybridized carbons (Fsp3) is 0.667. The lowest BCUT2D eigenvalue weighted by Crippen LogP contribution is -2.51. The molecule has 9 heteroatoms. The molecular weight excluding hydrogens is 352 g/mol. The maximum Gasteiger partial charge on any atom is 0.270 e. The zero-order chi connectivity index (χ0) is 16.5. The predicted molar refractivity (Wildman–Crippen MR) is 93.8 cm³/mol. The highest BCUT2D eigenvalue weighted by Gasteiger charge is 2.37. The van der Waals surface area contributed by atoms with Crippen molar-refractivity contribution in [1.82, 2.24) is 14.6 Å². The third-order valence-electron chi connectivity index (χ3n) is 4.89. The number of sulfonamides is 1. The molecule has 1 aromatic heterocycles. The summed E-state index contributed by atoms with van der Waals surface area (Å²) in [6, 6.07) is 1.42. The first-order chi connectivity index (χ1) is 11.0. The van der Waals surface area contributed by atoms with Crippen molar-refractivity contribution >= 4 is 28.3 Å². The molecule has 2 heterocycles. The van der Waals surface area contributed by atoms with E-state index < -0.39 is 15.6 Å². The van der Waals surface area contributed by atoms with Gasteiger partial charge in [0.1, 0.15) is 10.6 Å². The van der Waals surface area contributed by atoms with Crippen LogP contribution in [0.5, 0.6) is 0 Å². The maximum atomic E-state index is 12.6. The van der Waals surface area contributed by atoms with Gasteiger partial charge in [-0.15, -0.1) is 12.4 Å². The van der Waals surface area contributed by atoms with Gasteiger partial charge in [-0.25, -0.2) is 13.1 Å². The van der Waals surface area contributed by atoms with Crippen LogP contribution in [-0.2, 0) is 10.0 Å². The number of aromatic amines is 1. The van der Waals surface area contributed by atoms with E-state index in [4.69, 9.17) is 5.73 Å². The predicted octanol–water partition coefficient (Wildman–Crippen LogP) is 1.22. The summed E-state index contributed by atoms with van der Waals surface area (Å²) in [7, 11) is -3.68. The molecule has 1 aromatic rings. The van der Waals surface area contributed by atoms with Crippen molar-refractivity contribution in [1.29, 1.82) is 0 Å². The highest BCUT2D eigenvalue weighted by Crippen LogP contribution is 2.30. The number of aromatic nitrogens is 1. The molecule has 1 saturated carbocycles. The van der Waals surface area contributed by atoms with Gasteiger partial charge in [-0.2, -0.15) is 0 Å². The van der Waals surface area contributed by atoms with Gasteiger partial charge >= 0.3 is 0 Å². The third-order valence-corrected chi connectivity index (χ3v) is 6.45. The van der Waals surface area contributed by atoms with Crippen molar-refractivity contribution in [2.45, 2.75) is 49.0 Å². The van der Waals surface area contributed by atoms with Gasteiger partial charge < -0.3 is 15.6 Å². The van der Waals surface area contributed by atoms with Crippen LogP contribution in [0.15, 0.2) is 17.2 Å². The van der Waals surface area contributed by atoms with Crippen molar-refractivity contribution in [2.24, 2.45) is 5.73 Å². The summed E-state index contributed by atoms with van der Waals surface area (Å²) in [5, 5.41) is 0. The Morgan fingerprint density at radius 3 is 2.46 bits per heavy atom. The molecule has 0 spiro atoms. The lowest BCUT2D eigenvalue weighted by molar-refractivity contribution is 0.0787. The SMILES string of the molecule is Cl.NCC1(NS(=O)(=O)c2c[nH]c(C(=O)N3CCCC3)c2)CCCC1. The summed E-state index contributed by atoms with van der Waals surface area (Å²) in [5.74, 6) is -0.140. The molecule has 0 unspecified atom stereocenters. The zero-order valence-corrected chi connectivity index (χ0v) is 15.2. The molecule has 1 aliphatic carbocycles. The molecule has 2 fully saturated rings. The van der Waals surface area contributed by atoms with Crippen LogP contribution in [0, 0.1) is 0 Å². The Hall–Kier alpha value is -1.09. The van der Waals surface area contributed by atoms with Gasteiger partial charge in [0.05, 0.1) is 0 Å². The van der Waals surface area contributed by atoms with Crippen molar-refractivity contribution < 1.29 is 13.2 Å². The van der Waals surface area contributed by atoms with Crippen LogP contribution in [0.2, 0.25) is 0 Å². The molecular formula is C15H25ClN4O3S. The van der Waals surface area contributed by atoms with E-state index in [9.17, 15) is 13.2 Å². The van der Waals surface area contributed by atoms with Gasteiger partial charge in [-0.3, -0.25) is 4.79 Å². The number of nitrogens with zero attached hydrogens (tertiary/aromatic N) is 1. The first-order valence-electron chi connectivity index (χ1n) is 8.18. The minimum Gasteiger partial charge on any atom is -0.356 e. The fourth-order valence-electron chi connectivity index (χ4n) is 3.49. The highest BCUT2D eigenvalue weighted by molar-refractivity contribution is 7.89. The summed E-state index contributed by atoms with van der Waals surface area (Å²) < 4.78 is 28.0. The number of rotatable bonds is 5. The molecule has 4 N–H and O–H groups in total. The Balaban J connectivity index is 0.00000208.